The van der Waals surface area contributed by atoms with E-state index in [9.17, 15) is 0 Å². The molecule has 1 saturated heterocycles. The van der Waals surface area contributed by atoms with E-state index in [1.807, 2.05) is 0 Å². The summed E-state index contributed by atoms with van der Waals surface area (Å²) in [5.74, 6) is 1.85. The van der Waals surface area contributed by atoms with Crippen LogP contribution in [0.3, 0.4) is 0 Å². The number of hydrogen-bond donors (Lipinski definition) is 2. The number of nitrogens with one attached hydrogen (secondary N) is 2. The zero-order chi connectivity index (χ0) is 12.5. The molecule has 96 valence electrons. The van der Waals surface area contributed by atoms with Gasteiger partial charge in [-0.05, 0) is 29.7 Å². The van der Waals surface area contributed by atoms with Crippen LogP contribution in [0, 0.1) is 0 Å². The summed E-state index contributed by atoms with van der Waals surface area (Å²) in [6.45, 7) is 8.81. The van der Waals surface area contributed by atoms with E-state index in [2.05, 4.69) is 53.3 Å². The van der Waals surface area contributed by atoms with Gasteiger partial charge < -0.3 is 15.2 Å². The van der Waals surface area contributed by atoms with Crippen molar-refractivity contribution in [3.63, 3.8) is 0 Å². The molecule has 0 radical (unpaired) electrons. The van der Waals surface area contributed by atoms with Crippen LogP contribution in [0.25, 0.3) is 10.9 Å². The third-order valence-corrected chi connectivity index (χ3v) is 3.75. The Kier molecular flexibility index (Phi) is 3.00. The minimum atomic E-state index is 0.590. The van der Waals surface area contributed by atoms with Crippen molar-refractivity contribution in [3.05, 3.63) is 29.8 Å². The molecule has 0 spiro atoms. The molecule has 1 fully saturated rings. The average Bonchev–Trinajstić information content (AvgIpc) is 2.82. The van der Waals surface area contributed by atoms with Gasteiger partial charge in [0.05, 0.1) is 0 Å². The van der Waals surface area contributed by atoms with E-state index in [-0.39, 0.29) is 0 Å². The summed E-state index contributed by atoms with van der Waals surface area (Å²) in [6, 6.07) is 9.02. The third-order valence-electron chi connectivity index (χ3n) is 3.75. The van der Waals surface area contributed by atoms with Crippen LogP contribution in [-0.4, -0.2) is 31.2 Å². The van der Waals surface area contributed by atoms with Crippen molar-refractivity contribution in [2.24, 2.45) is 0 Å². The number of piperazine rings is 1. The number of hydrogen-bond acceptors (Lipinski definition) is 2. The number of H-pyrrole nitrogens is 1. The quantitative estimate of drug-likeness (QED) is 0.849. The number of benzene rings is 1. The summed E-state index contributed by atoms with van der Waals surface area (Å²) in [4.78, 5) is 5.95. The van der Waals surface area contributed by atoms with Gasteiger partial charge in [0.1, 0.15) is 5.82 Å². The van der Waals surface area contributed by atoms with Gasteiger partial charge in [-0.1, -0.05) is 19.9 Å². The maximum Gasteiger partial charge on any atom is 0.106 e. The molecule has 0 bridgehead atoms. The zero-order valence-electron chi connectivity index (χ0n) is 11.2. The lowest BCUT2D eigenvalue weighted by molar-refractivity contribution is 0.586. The Bertz CT molecular complexity index is 536. The fourth-order valence-corrected chi connectivity index (χ4v) is 2.57. The second kappa shape index (κ2) is 4.65. The summed E-state index contributed by atoms with van der Waals surface area (Å²) in [5.41, 5.74) is 2.65. The first-order valence-corrected chi connectivity index (χ1v) is 6.82. The van der Waals surface area contributed by atoms with Crippen LogP contribution in [0.15, 0.2) is 24.3 Å². The smallest absolute Gasteiger partial charge is 0.106 e. The van der Waals surface area contributed by atoms with E-state index in [1.165, 1.54) is 22.3 Å². The van der Waals surface area contributed by atoms with Gasteiger partial charge in [-0.25, -0.2) is 0 Å². The molecule has 1 aliphatic rings. The first kappa shape index (κ1) is 11.6. The van der Waals surface area contributed by atoms with Crippen LogP contribution >= 0.6 is 0 Å². The Morgan fingerprint density at radius 3 is 2.61 bits per heavy atom. The first-order valence-electron chi connectivity index (χ1n) is 6.82. The van der Waals surface area contributed by atoms with Crippen LogP contribution in [0.4, 0.5) is 5.82 Å². The van der Waals surface area contributed by atoms with Crippen molar-refractivity contribution in [2.45, 2.75) is 19.8 Å². The highest BCUT2D eigenvalue weighted by molar-refractivity contribution is 5.84. The lowest BCUT2D eigenvalue weighted by Crippen LogP contribution is -2.43. The molecular formula is C15H21N3. The molecule has 0 atom stereocenters. The number of aromatic amines is 1. The summed E-state index contributed by atoms with van der Waals surface area (Å²) in [7, 11) is 0. The van der Waals surface area contributed by atoms with Gasteiger partial charge in [-0.2, -0.15) is 0 Å². The van der Waals surface area contributed by atoms with Crippen molar-refractivity contribution >= 4 is 16.7 Å². The molecule has 3 heteroatoms. The summed E-state index contributed by atoms with van der Waals surface area (Å²) >= 11 is 0. The number of aromatic nitrogens is 1. The zero-order valence-corrected chi connectivity index (χ0v) is 11.2. The minimum absolute atomic E-state index is 0.590. The molecule has 0 unspecified atom stereocenters. The molecule has 1 aliphatic heterocycles. The maximum atomic E-state index is 3.53. The molecule has 3 rings (SSSR count). The topological polar surface area (TPSA) is 31.1 Å². The van der Waals surface area contributed by atoms with Crippen molar-refractivity contribution in [3.8, 4) is 0 Å². The van der Waals surface area contributed by atoms with Crippen LogP contribution in [0.1, 0.15) is 25.3 Å². The Labute approximate surface area is 108 Å². The highest BCUT2D eigenvalue weighted by Gasteiger charge is 2.13. The Hall–Kier alpha value is -1.48. The number of rotatable bonds is 2. The van der Waals surface area contributed by atoms with Gasteiger partial charge in [0.25, 0.3) is 0 Å². The molecule has 18 heavy (non-hydrogen) atoms. The second-order valence-corrected chi connectivity index (χ2v) is 5.39. The van der Waals surface area contributed by atoms with Crippen molar-refractivity contribution in [1.82, 2.24) is 10.3 Å². The highest BCUT2D eigenvalue weighted by Crippen LogP contribution is 2.25. The van der Waals surface area contributed by atoms with Gasteiger partial charge in [-0.3, -0.25) is 0 Å². The highest BCUT2D eigenvalue weighted by atomic mass is 15.2. The molecule has 0 saturated carbocycles. The Morgan fingerprint density at radius 2 is 1.89 bits per heavy atom. The second-order valence-electron chi connectivity index (χ2n) is 5.39. The summed E-state index contributed by atoms with van der Waals surface area (Å²) in [5, 5.41) is 4.72. The van der Waals surface area contributed by atoms with Crippen LogP contribution in [0.2, 0.25) is 0 Å². The third kappa shape index (κ3) is 2.10. The van der Waals surface area contributed by atoms with Gasteiger partial charge in [-0.15, -0.1) is 0 Å². The predicted molar refractivity (Wildman–Crippen MR) is 77.5 cm³/mol. The lowest BCUT2D eigenvalue weighted by atomic mass is 10.0. The lowest BCUT2D eigenvalue weighted by Gasteiger charge is -2.27. The molecule has 2 N–H and O–H groups in total. The first-order chi connectivity index (χ1) is 8.74. The predicted octanol–water partition coefficient (Wildman–Crippen LogP) is 2.70. The molecule has 3 nitrogen and oxygen atoms in total. The minimum Gasteiger partial charge on any atom is -0.356 e. The fourth-order valence-electron chi connectivity index (χ4n) is 2.57. The van der Waals surface area contributed by atoms with Gasteiger partial charge >= 0.3 is 0 Å². The molecule has 0 aliphatic carbocycles. The molecule has 0 amide bonds. The maximum absolute atomic E-state index is 3.53. The van der Waals surface area contributed by atoms with Gasteiger partial charge in [0.15, 0.2) is 0 Å². The molecule has 2 heterocycles. The Morgan fingerprint density at radius 1 is 1.11 bits per heavy atom. The molecular weight excluding hydrogens is 222 g/mol. The van der Waals surface area contributed by atoms with E-state index >= 15 is 0 Å². The summed E-state index contributed by atoms with van der Waals surface area (Å²) < 4.78 is 0. The van der Waals surface area contributed by atoms with E-state index in [1.54, 1.807) is 0 Å². The molecule has 2 aromatic rings. The Balaban J connectivity index is 1.94. The van der Waals surface area contributed by atoms with E-state index in [4.69, 9.17) is 0 Å². The fraction of sp³-hybridized carbons (Fsp3) is 0.467. The number of fused-ring (bicyclic) bond motifs is 1. The van der Waals surface area contributed by atoms with E-state index < -0.39 is 0 Å². The van der Waals surface area contributed by atoms with Crippen LogP contribution in [0.5, 0.6) is 0 Å². The molecule has 1 aromatic carbocycles. The average molecular weight is 243 g/mol. The van der Waals surface area contributed by atoms with Crippen molar-refractivity contribution in [2.75, 3.05) is 31.1 Å². The van der Waals surface area contributed by atoms with Crippen LogP contribution in [-0.2, 0) is 0 Å². The SMILES string of the molecule is CC(C)c1ccc2[nH]c(N3CCNCC3)cc2c1. The van der Waals surface area contributed by atoms with Crippen molar-refractivity contribution in [1.29, 1.82) is 0 Å². The van der Waals surface area contributed by atoms with Gasteiger partial charge in [0, 0.05) is 37.1 Å². The van der Waals surface area contributed by atoms with Crippen LogP contribution < -0.4 is 10.2 Å². The standard InChI is InChI=1S/C15H21N3/c1-11(2)12-3-4-14-13(9-12)10-15(17-14)18-7-5-16-6-8-18/h3-4,9-11,16-17H,5-8H2,1-2H3. The largest absolute Gasteiger partial charge is 0.356 e. The summed E-state index contributed by atoms with van der Waals surface area (Å²) in [6.07, 6.45) is 0. The number of anilines is 1. The van der Waals surface area contributed by atoms with E-state index in [0.29, 0.717) is 5.92 Å². The van der Waals surface area contributed by atoms with Gasteiger partial charge in [0.2, 0.25) is 0 Å². The van der Waals surface area contributed by atoms with E-state index in [0.717, 1.165) is 26.2 Å². The monoisotopic (exact) mass is 243 g/mol. The normalized spacial score (nSPS) is 16.7. The number of nitrogens with zero attached hydrogens (tertiary/aromatic N) is 1. The molecule has 1 aromatic heterocycles. The van der Waals surface area contributed by atoms with Crippen molar-refractivity contribution < 1.29 is 0 Å².